The zero-order valence-electron chi connectivity index (χ0n) is 15.4. The average molecular weight is 369 g/mol. The van der Waals surface area contributed by atoms with E-state index in [9.17, 15) is 9.18 Å². The molecule has 0 spiro atoms. The minimum absolute atomic E-state index is 0.149. The van der Waals surface area contributed by atoms with E-state index < -0.39 is 0 Å². The summed E-state index contributed by atoms with van der Waals surface area (Å²) in [5.41, 5.74) is 1.81. The third-order valence-electron chi connectivity index (χ3n) is 5.05. The van der Waals surface area contributed by atoms with Crippen molar-refractivity contribution in [3.8, 4) is 5.75 Å². The first-order valence-electron chi connectivity index (χ1n) is 9.05. The van der Waals surface area contributed by atoms with E-state index in [2.05, 4.69) is 17.4 Å². The number of amides is 1. The summed E-state index contributed by atoms with van der Waals surface area (Å²) in [7, 11) is 1.65. The Morgan fingerprint density at radius 2 is 1.81 bits per heavy atom. The third kappa shape index (κ3) is 4.95. The molecule has 1 aliphatic heterocycles. The predicted molar refractivity (Wildman–Crippen MR) is 103 cm³/mol. The number of ether oxygens (including phenoxy) is 2. The van der Waals surface area contributed by atoms with Crippen molar-refractivity contribution in [1.82, 2.24) is 5.32 Å². The largest absolute Gasteiger partial charge is 0.497 e. The first kappa shape index (κ1) is 19.1. The molecule has 1 N–H and O–H groups in total. The number of hydrogen-bond acceptors (Lipinski definition) is 3. The lowest BCUT2D eigenvalue weighted by Crippen LogP contribution is -2.44. The molecule has 1 fully saturated rings. The van der Waals surface area contributed by atoms with Gasteiger partial charge in [0.05, 0.1) is 7.11 Å². The molecule has 1 saturated heterocycles. The van der Waals surface area contributed by atoms with Crippen LogP contribution in [0, 0.1) is 5.82 Å². The van der Waals surface area contributed by atoms with Crippen LogP contribution in [0.2, 0.25) is 0 Å². The number of halogens is 1. The minimum atomic E-state index is -0.294. The molecule has 0 bridgehead atoms. The molecule has 5 heteroatoms. The van der Waals surface area contributed by atoms with Crippen LogP contribution in [0.1, 0.15) is 24.0 Å². The maximum atomic E-state index is 12.9. The van der Waals surface area contributed by atoms with Crippen molar-refractivity contribution in [2.75, 3.05) is 26.9 Å². The van der Waals surface area contributed by atoms with Crippen molar-refractivity contribution in [3.05, 3.63) is 71.6 Å². The van der Waals surface area contributed by atoms with Crippen LogP contribution in [0.4, 0.5) is 4.39 Å². The van der Waals surface area contributed by atoms with Gasteiger partial charge in [0.25, 0.3) is 0 Å². The Balaban J connectivity index is 1.67. The van der Waals surface area contributed by atoms with Gasteiger partial charge in [0.2, 0.25) is 5.91 Å². The Morgan fingerprint density at radius 1 is 1.15 bits per heavy atom. The van der Waals surface area contributed by atoms with Gasteiger partial charge in [-0.05, 0) is 54.3 Å². The second kappa shape index (κ2) is 8.82. The fraction of sp³-hybridized carbons (Fsp3) is 0.318. The highest BCUT2D eigenvalue weighted by Crippen LogP contribution is 2.35. The zero-order chi connectivity index (χ0) is 19.1. The van der Waals surface area contributed by atoms with Crippen molar-refractivity contribution in [2.45, 2.75) is 18.3 Å². The molecule has 142 valence electrons. The van der Waals surface area contributed by atoms with Crippen LogP contribution in [-0.2, 0) is 14.9 Å². The molecule has 0 unspecified atom stereocenters. The van der Waals surface area contributed by atoms with Crippen molar-refractivity contribution in [2.24, 2.45) is 0 Å². The molecule has 0 atom stereocenters. The summed E-state index contributed by atoms with van der Waals surface area (Å²) in [5.74, 6) is 0.350. The summed E-state index contributed by atoms with van der Waals surface area (Å²) < 4.78 is 23.7. The Labute approximate surface area is 159 Å². The lowest BCUT2D eigenvalue weighted by atomic mass is 9.74. The van der Waals surface area contributed by atoms with Crippen LogP contribution in [0.15, 0.2) is 54.6 Å². The first-order valence-corrected chi connectivity index (χ1v) is 9.05. The molecule has 1 amide bonds. The van der Waals surface area contributed by atoms with E-state index in [1.165, 1.54) is 23.8 Å². The molecule has 2 aromatic carbocycles. The SMILES string of the molecule is COc1ccc(C2(CNC(=O)C=Cc3ccc(F)cc3)CCOCC2)cc1. The van der Waals surface area contributed by atoms with E-state index in [0.717, 1.165) is 24.2 Å². The summed E-state index contributed by atoms with van der Waals surface area (Å²) in [5, 5.41) is 3.02. The number of rotatable bonds is 6. The molecule has 0 saturated carbocycles. The van der Waals surface area contributed by atoms with Gasteiger partial charge in [0.1, 0.15) is 11.6 Å². The lowest BCUT2D eigenvalue weighted by Gasteiger charge is -2.38. The van der Waals surface area contributed by atoms with Gasteiger partial charge < -0.3 is 14.8 Å². The minimum Gasteiger partial charge on any atom is -0.497 e. The van der Waals surface area contributed by atoms with E-state index in [1.807, 2.05) is 12.1 Å². The van der Waals surface area contributed by atoms with Crippen molar-refractivity contribution in [1.29, 1.82) is 0 Å². The highest BCUT2D eigenvalue weighted by Gasteiger charge is 2.34. The highest BCUT2D eigenvalue weighted by atomic mass is 19.1. The Hall–Kier alpha value is -2.66. The number of carbonyl (C=O) groups is 1. The van der Waals surface area contributed by atoms with Crippen LogP contribution in [0.5, 0.6) is 5.75 Å². The first-order chi connectivity index (χ1) is 13.1. The van der Waals surface area contributed by atoms with Gasteiger partial charge in [-0.25, -0.2) is 4.39 Å². The smallest absolute Gasteiger partial charge is 0.244 e. The predicted octanol–water partition coefficient (Wildman–Crippen LogP) is 3.71. The fourth-order valence-electron chi connectivity index (χ4n) is 3.34. The van der Waals surface area contributed by atoms with Gasteiger partial charge in [-0.3, -0.25) is 4.79 Å². The standard InChI is InChI=1S/C22H24FNO3/c1-26-20-9-5-18(6-10-20)22(12-14-27-15-13-22)16-24-21(25)11-4-17-2-7-19(23)8-3-17/h2-11H,12-16H2,1H3,(H,24,25). The summed E-state index contributed by atoms with van der Waals surface area (Å²) in [6.45, 7) is 1.88. The molecule has 1 aliphatic rings. The van der Waals surface area contributed by atoms with Gasteiger partial charge in [0.15, 0.2) is 0 Å². The molecule has 1 heterocycles. The lowest BCUT2D eigenvalue weighted by molar-refractivity contribution is -0.116. The molecular weight excluding hydrogens is 345 g/mol. The number of hydrogen-bond donors (Lipinski definition) is 1. The Bertz CT molecular complexity index is 778. The van der Waals surface area contributed by atoms with E-state index in [4.69, 9.17) is 9.47 Å². The van der Waals surface area contributed by atoms with Gasteiger partial charge in [-0.2, -0.15) is 0 Å². The Morgan fingerprint density at radius 3 is 2.44 bits per heavy atom. The van der Waals surface area contributed by atoms with Gasteiger partial charge in [-0.15, -0.1) is 0 Å². The van der Waals surface area contributed by atoms with E-state index in [0.29, 0.717) is 19.8 Å². The number of nitrogens with one attached hydrogen (secondary N) is 1. The monoisotopic (exact) mass is 369 g/mol. The molecule has 2 aromatic rings. The van der Waals surface area contributed by atoms with Gasteiger partial charge in [-0.1, -0.05) is 24.3 Å². The van der Waals surface area contributed by atoms with Gasteiger partial charge >= 0.3 is 0 Å². The number of carbonyl (C=O) groups excluding carboxylic acids is 1. The molecule has 27 heavy (non-hydrogen) atoms. The molecule has 0 aromatic heterocycles. The molecule has 3 rings (SSSR count). The molecule has 4 nitrogen and oxygen atoms in total. The van der Waals surface area contributed by atoms with E-state index in [1.54, 1.807) is 25.3 Å². The second-order valence-electron chi connectivity index (χ2n) is 6.72. The summed E-state index contributed by atoms with van der Waals surface area (Å²) in [6.07, 6.45) is 4.86. The quantitative estimate of drug-likeness (QED) is 0.790. The average Bonchev–Trinajstić information content (AvgIpc) is 2.72. The van der Waals surface area contributed by atoms with Crippen LogP contribution >= 0.6 is 0 Å². The topological polar surface area (TPSA) is 47.6 Å². The maximum absolute atomic E-state index is 12.9. The number of benzene rings is 2. The molecule has 0 radical (unpaired) electrons. The van der Waals surface area contributed by atoms with Crippen LogP contribution in [0.3, 0.4) is 0 Å². The van der Waals surface area contributed by atoms with Crippen LogP contribution in [0.25, 0.3) is 6.08 Å². The molecule has 0 aliphatic carbocycles. The van der Waals surface area contributed by atoms with E-state index in [-0.39, 0.29) is 17.1 Å². The van der Waals surface area contributed by atoms with Crippen LogP contribution in [-0.4, -0.2) is 32.8 Å². The zero-order valence-corrected chi connectivity index (χ0v) is 15.4. The Kier molecular flexibility index (Phi) is 6.24. The maximum Gasteiger partial charge on any atom is 0.244 e. The summed E-state index contributed by atoms with van der Waals surface area (Å²) in [4.78, 5) is 12.3. The second-order valence-corrected chi connectivity index (χ2v) is 6.72. The third-order valence-corrected chi connectivity index (χ3v) is 5.05. The summed E-state index contributed by atoms with van der Waals surface area (Å²) >= 11 is 0. The van der Waals surface area contributed by atoms with Crippen molar-refractivity contribution in [3.63, 3.8) is 0 Å². The highest BCUT2D eigenvalue weighted by molar-refractivity contribution is 5.91. The van der Waals surface area contributed by atoms with Crippen LogP contribution < -0.4 is 10.1 Å². The van der Waals surface area contributed by atoms with Gasteiger partial charge in [0, 0.05) is 31.2 Å². The normalized spacial score (nSPS) is 16.2. The molecular formula is C22H24FNO3. The van der Waals surface area contributed by atoms with E-state index >= 15 is 0 Å². The van der Waals surface area contributed by atoms with Crippen molar-refractivity contribution < 1.29 is 18.7 Å². The van der Waals surface area contributed by atoms with Crippen molar-refractivity contribution >= 4 is 12.0 Å². The number of methoxy groups -OCH3 is 1. The summed E-state index contributed by atoms with van der Waals surface area (Å²) in [6, 6.07) is 14.0. The fourth-order valence-corrected chi connectivity index (χ4v) is 3.34.